The number of carboxylic acids is 1. The fraction of sp³-hybridized carbons (Fsp3) is 0.826. The van der Waals surface area contributed by atoms with E-state index in [0.29, 0.717) is 39.3 Å². The van der Waals surface area contributed by atoms with Crippen molar-refractivity contribution >= 4 is 23.7 Å². The van der Waals surface area contributed by atoms with Crippen molar-refractivity contribution in [1.82, 2.24) is 16.0 Å². The summed E-state index contributed by atoms with van der Waals surface area (Å²) in [5, 5.41) is 25.2. The van der Waals surface area contributed by atoms with Crippen molar-refractivity contribution in [2.45, 2.75) is 44.9 Å². The van der Waals surface area contributed by atoms with Crippen molar-refractivity contribution in [2.24, 2.45) is 0 Å². The molecule has 0 aliphatic heterocycles. The Kier molecular flexibility index (Phi) is 24.1. The zero-order valence-electron chi connectivity index (χ0n) is 21.1. The number of hydrogen-bond donors (Lipinski definition) is 5. The molecule has 0 aromatic rings. The van der Waals surface area contributed by atoms with Crippen LogP contribution in [0, 0.1) is 0 Å². The Morgan fingerprint density at radius 1 is 0.528 bits per heavy atom. The number of amides is 3. The van der Waals surface area contributed by atoms with Crippen molar-refractivity contribution in [3.05, 3.63) is 0 Å². The van der Waals surface area contributed by atoms with Crippen LogP contribution in [0.25, 0.3) is 0 Å². The van der Waals surface area contributed by atoms with Crippen molar-refractivity contribution in [3.63, 3.8) is 0 Å². The summed E-state index contributed by atoms with van der Waals surface area (Å²) >= 11 is 0. The number of rotatable bonds is 26. The second kappa shape index (κ2) is 25.8. The highest BCUT2D eigenvalue weighted by atomic mass is 16.5. The smallest absolute Gasteiger partial charge is 0.303 e. The summed E-state index contributed by atoms with van der Waals surface area (Å²) in [6, 6.07) is 0. The van der Waals surface area contributed by atoms with Gasteiger partial charge in [0, 0.05) is 39.1 Å². The number of unbranched alkanes of at least 4 members (excludes halogenated alkanes) is 3. The monoisotopic (exact) mass is 521 g/mol. The molecule has 0 spiro atoms. The number of carbonyl (C=O) groups excluding carboxylic acids is 3. The molecule has 0 aromatic carbocycles. The number of hydrogen-bond acceptors (Lipinski definition) is 9. The maximum absolute atomic E-state index is 11.7. The van der Waals surface area contributed by atoms with E-state index in [9.17, 15) is 19.2 Å². The number of aliphatic hydroxyl groups is 1. The molecule has 0 saturated carbocycles. The van der Waals surface area contributed by atoms with Gasteiger partial charge in [-0.2, -0.15) is 0 Å². The lowest BCUT2D eigenvalue weighted by Gasteiger charge is -2.09. The first-order valence-corrected chi connectivity index (χ1v) is 12.4. The Balaban J connectivity index is 3.33. The molecule has 0 fully saturated rings. The quantitative estimate of drug-likeness (QED) is 0.0905. The average molecular weight is 522 g/mol. The van der Waals surface area contributed by atoms with Crippen LogP contribution in [0.2, 0.25) is 0 Å². The Morgan fingerprint density at radius 2 is 1.03 bits per heavy atom. The van der Waals surface area contributed by atoms with Crippen LogP contribution >= 0.6 is 0 Å². The van der Waals surface area contributed by atoms with Crippen LogP contribution in [0.1, 0.15) is 44.9 Å². The largest absolute Gasteiger partial charge is 0.481 e. The molecule has 36 heavy (non-hydrogen) atoms. The molecule has 0 bridgehead atoms. The summed E-state index contributed by atoms with van der Waals surface area (Å²) < 4.78 is 21.0. The third-order valence-corrected chi connectivity index (χ3v) is 4.55. The van der Waals surface area contributed by atoms with Gasteiger partial charge in [-0.15, -0.1) is 0 Å². The number of carbonyl (C=O) groups is 4. The van der Waals surface area contributed by atoms with Crippen molar-refractivity contribution in [2.75, 3.05) is 79.1 Å². The van der Waals surface area contributed by atoms with E-state index in [0.717, 1.165) is 25.7 Å². The number of carboxylic acid groups (broad SMARTS) is 1. The van der Waals surface area contributed by atoms with Crippen LogP contribution in [0.15, 0.2) is 0 Å². The van der Waals surface area contributed by atoms with Gasteiger partial charge in [0.25, 0.3) is 0 Å². The molecule has 0 unspecified atom stereocenters. The molecule has 3 amide bonds. The van der Waals surface area contributed by atoms with E-state index >= 15 is 0 Å². The molecular weight excluding hydrogens is 478 g/mol. The molecular formula is C23H43N3O10. The SMILES string of the molecule is O=C(O)CCCC(=O)NCCOCCOCC(=O)NCCOCCOCC(=O)NCCCCCCO. The molecule has 0 aliphatic rings. The Morgan fingerprint density at radius 3 is 1.58 bits per heavy atom. The molecule has 0 rings (SSSR count). The van der Waals surface area contributed by atoms with Gasteiger partial charge in [0.2, 0.25) is 17.7 Å². The predicted octanol–water partition coefficient (Wildman–Crippen LogP) is -0.791. The molecule has 13 nitrogen and oxygen atoms in total. The molecule has 13 heteroatoms. The van der Waals surface area contributed by atoms with Gasteiger partial charge in [-0.25, -0.2) is 0 Å². The normalized spacial score (nSPS) is 10.7. The molecule has 5 N–H and O–H groups in total. The highest BCUT2D eigenvalue weighted by molar-refractivity contribution is 5.77. The number of aliphatic carboxylic acids is 1. The van der Waals surface area contributed by atoms with E-state index in [1.165, 1.54) is 0 Å². The Labute approximate surface area is 212 Å². The summed E-state index contributed by atoms with van der Waals surface area (Å²) in [6.45, 7) is 2.98. The first-order chi connectivity index (χ1) is 17.5. The van der Waals surface area contributed by atoms with Gasteiger partial charge < -0.3 is 45.1 Å². The third kappa shape index (κ3) is 26.3. The van der Waals surface area contributed by atoms with Crippen molar-refractivity contribution < 1.29 is 48.3 Å². The third-order valence-electron chi connectivity index (χ3n) is 4.55. The van der Waals surface area contributed by atoms with Gasteiger partial charge in [0.05, 0.1) is 39.6 Å². The Hall–Kier alpha value is -2.32. The standard InChI is InChI=1S/C23H43N3O10/c27-11-4-2-1-3-8-24-21(29)18-35-16-15-34-13-10-26-22(30)19-36-17-14-33-12-9-25-20(28)6-5-7-23(31)32/h27H,1-19H2,(H,24,29)(H,25,28)(H,26,30)(H,31,32). The molecule has 0 atom stereocenters. The van der Waals surface area contributed by atoms with Crippen LogP contribution in [0.4, 0.5) is 0 Å². The summed E-state index contributed by atoms with van der Waals surface area (Å²) in [4.78, 5) is 45.0. The number of ether oxygens (including phenoxy) is 4. The van der Waals surface area contributed by atoms with Crippen LogP contribution in [-0.4, -0.2) is 113 Å². The minimum absolute atomic E-state index is 0.0268. The molecule has 210 valence electrons. The molecule has 0 radical (unpaired) electrons. The maximum atomic E-state index is 11.7. The summed E-state index contributed by atoms with van der Waals surface area (Å²) in [5.41, 5.74) is 0. The Bertz CT molecular complexity index is 592. The molecule has 0 heterocycles. The van der Waals surface area contributed by atoms with Gasteiger partial charge in [0.15, 0.2) is 0 Å². The number of aliphatic hydroxyl groups excluding tert-OH is 1. The van der Waals surface area contributed by atoms with Gasteiger partial charge in [0.1, 0.15) is 13.2 Å². The fourth-order valence-electron chi connectivity index (χ4n) is 2.70. The lowest BCUT2D eigenvalue weighted by molar-refractivity contribution is -0.137. The fourth-order valence-corrected chi connectivity index (χ4v) is 2.70. The van der Waals surface area contributed by atoms with E-state index in [1.54, 1.807) is 0 Å². The lowest BCUT2D eigenvalue weighted by atomic mass is 10.2. The second-order valence-electron chi connectivity index (χ2n) is 7.76. The van der Waals surface area contributed by atoms with E-state index in [1.807, 2.05) is 0 Å². The molecule has 0 aromatic heterocycles. The summed E-state index contributed by atoms with van der Waals surface area (Å²) in [6.07, 6.45) is 4.01. The van der Waals surface area contributed by atoms with Crippen molar-refractivity contribution in [3.8, 4) is 0 Å². The van der Waals surface area contributed by atoms with Crippen LogP contribution in [0.3, 0.4) is 0 Å². The number of nitrogens with one attached hydrogen (secondary N) is 3. The first kappa shape index (κ1) is 33.7. The van der Waals surface area contributed by atoms with Gasteiger partial charge in [-0.1, -0.05) is 12.8 Å². The van der Waals surface area contributed by atoms with Crippen molar-refractivity contribution in [1.29, 1.82) is 0 Å². The van der Waals surface area contributed by atoms with E-state index in [4.69, 9.17) is 29.2 Å². The highest BCUT2D eigenvalue weighted by Crippen LogP contribution is 1.97. The zero-order valence-corrected chi connectivity index (χ0v) is 21.1. The minimum Gasteiger partial charge on any atom is -0.481 e. The predicted molar refractivity (Wildman–Crippen MR) is 129 cm³/mol. The summed E-state index contributed by atoms with van der Waals surface area (Å²) in [7, 11) is 0. The molecule has 0 aliphatic carbocycles. The van der Waals surface area contributed by atoms with Gasteiger partial charge in [-0.05, 0) is 19.3 Å². The van der Waals surface area contributed by atoms with E-state index in [-0.39, 0.29) is 76.8 Å². The summed E-state index contributed by atoms with van der Waals surface area (Å²) in [5.74, 6) is -1.60. The molecule has 0 saturated heterocycles. The lowest BCUT2D eigenvalue weighted by Crippen LogP contribution is -2.31. The van der Waals surface area contributed by atoms with Gasteiger partial charge >= 0.3 is 5.97 Å². The van der Waals surface area contributed by atoms with Crippen LogP contribution in [-0.2, 0) is 38.1 Å². The van der Waals surface area contributed by atoms with E-state index < -0.39 is 5.97 Å². The van der Waals surface area contributed by atoms with E-state index in [2.05, 4.69) is 16.0 Å². The van der Waals surface area contributed by atoms with Crippen LogP contribution < -0.4 is 16.0 Å². The topological polar surface area (TPSA) is 182 Å². The average Bonchev–Trinajstić information content (AvgIpc) is 2.84. The van der Waals surface area contributed by atoms with Crippen LogP contribution in [0.5, 0.6) is 0 Å². The maximum Gasteiger partial charge on any atom is 0.303 e. The van der Waals surface area contributed by atoms with Gasteiger partial charge in [-0.3, -0.25) is 19.2 Å². The minimum atomic E-state index is -0.925. The highest BCUT2D eigenvalue weighted by Gasteiger charge is 2.04. The zero-order chi connectivity index (χ0) is 26.7. The first-order valence-electron chi connectivity index (χ1n) is 12.4. The second-order valence-corrected chi connectivity index (χ2v) is 7.76.